The van der Waals surface area contributed by atoms with Crippen LogP contribution in [0.4, 0.5) is 0 Å². The second kappa shape index (κ2) is 7.70. The lowest BCUT2D eigenvalue weighted by molar-refractivity contribution is -0.137. The fraction of sp³-hybridized carbons (Fsp3) is 0.600. The van der Waals surface area contributed by atoms with Crippen molar-refractivity contribution >= 4 is 23.6 Å². The van der Waals surface area contributed by atoms with E-state index in [2.05, 4.69) is 22.6 Å². The van der Waals surface area contributed by atoms with Gasteiger partial charge in [0.15, 0.2) is 5.69 Å². The molecule has 1 amide bonds. The van der Waals surface area contributed by atoms with Crippen LogP contribution in [0.3, 0.4) is 0 Å². The molecule has 2 N–H and O–H groups in total. The number of nitrogens with zero attached hydrogens (tertiary/aromatic N) is 3. The number of rotatable bonds is 8. The molecular formula is C10H16N4O3S. The van der Waals surface area contributed by atoms with Gasteiger partial charge in [-0.05, 0) is 17.9 Å². The zero-order valence-corrected chi connectivity index (χ0v) is 10.9. The topological polar surface area (TPSA) is 97.1 Å². The molecule has 0 spiro atoms. The smallest absolute Gasteiger partial charge is 0.325 e. The van der Waals surface area contributed by atoms with Gasteiger partial charge in [0, 0.05) is 6.54 Å². The Bertz CT molecular complexity index is 408. The number of aliphatic carboxylic acids is 1. The second-order valence-electron chi connectivity index (χ2n) is 3.50. The first-order chi connectivity index (χ1) is 8.63. The molecule has 0 aliphatic carbocycles. The van der Waals surface area contributed by atoms with Gasteiger partial charge in [-0.3, -0.25) is 9.59 Å². The van der Waals surface area contributed by atoms with Crippen LogP contribution in [0.15, 0.2) is 6.20 Å². The van der Waals surface area contributed by atoms with E-state index in [0.717, 1.165) is 22.6 Å². The zero-order chi connectivity index (χ0) is 13.4. The van der Waals surface area contributed by atoms with Gasteiger partial charge in [0.1, 0.15) is 6.54 Å². The summed E-state index contributed by atoms with van der Waals surface area (Å²) in [4.78, 5) is 22.0. The monoisotopic (exact) mass is 272 g/mol. The van der Waals surface area contributed by atoms with E-state index in [4.69, 9.17) is 5.11 Å². The first-order valence-electron chi connectivity index (χ1n) is 5.61. The molecule has 18 heavy (non-hydrogen) atoms. The fourth-order valence-corrected chi connectivity index (χ4v) is 1.87. The van der Waals surface area contributed by atoms with Crippen LogP contribution in [0, 0.1) is 0 Å². The lowest BCUT2D eigenvalue weighted by atomic mass is 10.4. The molecule has 0 fully saturated rings. The summed E-state index contributed by atoms with van der Waals surface area (Å²) in [6, 6.07) is 0. The van der Waals surface area contributed by atoms with E-state index < -0.39 is 5.97 Å². The van der Waals surface area contributed by atoms with Crippen molar-refractivity contribution in [3.05, 3.63) is 11.9 Å². The van der Waals surface area contributed by atoms with Crippen molar-refractivity contribution in [3.8, 4) is 0 Å². The summed E-state index contributed by atoms with van der Waals surface area (Å²) in [6.45, 7) is 2.37. The highest BCUT2D eigenvalue weighted by Gasteiger charge is 2.11. The number of amides is 1. The van der Waals surface area contributed by atoms with Crippen LogP contribution >= 0.6 is 11.8 Å². The summed E-state index contributed by atoms with van der Waals surface area (Å²) in [5.74, 6) is 0.719. The van der Waals surface area contributed by atoms with Crippen LogP contribution < -0.4 is 5.32 Å². The minimum atomic E-state index is -1.02. The second-order valence-corrected chi connectivity index (χ2v) is 4.90. The van der Waals surface area contributed by atoms with Crippen molar-refractivity contribution in [2.75, 3.05) is 18.1 Å². The Morgan fingerprint density at radius 1 is 1.56 bits per heavy atom. The van der Waals surface area contributed by atoms with Gasteiger partial charge in [0.05, 0.1) is 6.20 Å². The Morgan fingerprint density at radius 2 is 2.33 bits per heavy atom. The van der Waals surface area contributed by atoms with Crippen LogP contribution in [0.2, 0.25) is 0 Å². The third-order valence-electron chi connectivity index (χ3n) is 2.02. The minimum Gasteiger partial charge on any atom is -0.480 e. The minimum absolute atomic E-state index is 0.138. The van der Waals surface area contributed by atoms with E-state index in [1.165, 1.54) is 6.20 Å². The molecule has 0 aliphatic rings. The first-order valence-corrected chi connectivity index (χ1v) is 6.76. The van der Waals surface area contributed by atoms with E-state index in [9.17, 15) is 9.59 Å². The number of carboxylic acids is 1. The average molecular weight is 272 g/mol. The number of hydrogen-bond acceptors (Lipinski definition) is 5. The van der Waals surface area contributed by atoms with Gasteiger partial charge in [-0.1, -0.05) is 12.1 Å². The van der Waals surface area contributed by atoms with Crippen molar-refractivity contribution in [3.63, 3.8) is 0 Å². The van der Waals surface area contributed by atoms with Crippen molar-refractivity contribution in [1.82, 2.24) is 20.3 Å². The molecule has 0 aliphatic heterocycles. The molecule has 0 aromatic carbocycles. The van der Waals surface area contributed by atoms with Gasteiger partial charge >= 0.3 is 5.97 Å². The Balaban J connectivity index is 2.33. The van der Waals surface area contributed by atoms with Gasteiger partial charge in [0.25, 0.3) is 5.91 Å². The molecule has 1 aromatic rings. The molecule has 7 nitrogen and oxygen atoms in total. The maximum atomic E-state index is 11.6. The number of hydrogen-bond donors (Lipinski definition) is 2. The van der Waals surface area contributed by atoms with Gasteiger partial charge in [-0.15, -0.1) is 5.10 Å². The molecule has 1 aromatic heterocycles. The summed E-state index contributed by atoms with van der Waals surface area (Å²) < 4.78 is 1.12. The van der Waals surface area contributed by atoms with Gasteiger partial charge in [-0.2, -0.15) is 11.8 Å². The van der Waals surface area contributed by atoms with Crippen molar-refractivity contribution in [2.24, 2.45) is 0 Å². The summed E-state index contributed by atoms with van der Waals surface area (Å²) in [7, 11) is 0. The maximum Gasteiger partial charge on any atom is 0.325 e. The Kier molecular flexibility index (Phi) is 6.20. The normalized spacial score (nSPS) is 10.3. The van der Waals surface area contributed by atoms with Gasteiger partial charge in [0.2, 0.25) is 0 Å². The first kappa shape index (κ1) is 14.5. The average Bonchev–Trinajstić information content (AvgIpc) is 2.76. The van der Waals surface area contributed by atoms with Crippen molar-refractivity contribution in [2.45, 2.75) is 19.9 Å². The number of carboxylic acid groups (broad SMARTS) is 1. The SMILES string of the molecule is CCSCCCNC(=O)c1cn(CC(=O)O)nn1. The Hall–Kier alpha value is -1.57. The van der Waals surface area contributed by atoms with Crippen LogP contribution in [-0.2, 0) is 11.3 Å². The quantitative estimate of drug-likeness (QED) is 0.658. The van der Waals surface area contributed by atoms with Crippen molar-refractivity contribution in [1.29, 1.82) is 0 Å². The summed E-state index contributed by atoms with van der Waals surface area (Å²) in [6.07, 6.45) is 2.22. The predicted molar refractivity (Wildman–Crippen MR) is 67.6 cm³/mol. The molecule has 8 heteroatoms. The molecule has 1 rings (SSSR count). The number of aromatic nitrogens is 3. The van der Waals surface area contributed by atoms with Gasteiger partial charge in [-0.25, -0.2) is 4.68 Å². The number of nitrogens with one attached hydrogen (secondary N) is 1. The van der Waals surface area contributed by atoms with Crippen molar-refractivity contribution < 1.29 is 14.7 Å². The molecule has 0 saturated heterocycles. The van der Waals surface area contributed by atoms with Crippen LogP contribution in [0.5, 0.6) is 0 Å². The van der Waals surface area contributed by atoms with Gasteiger partial charge < -0.3 is 10.4 Å². The van der Waals surface area contributed by atoms with E-state index in [1.807, 2.05) is 11.8 Å². The van der Waals surface area contributed by atoms with E-state index in [0.29, 0.717) is 6.54 Å². The van der Waals surface area contributed by atoms with Crippen LogP contribution in [0.1, 0.15) is 23.8 Å². The highest BCUT2D eigenvalue weighted by Crippen LogP contribution is 2.00. The largest absolute Gasteiger partial charge is 0.480 e. The molecule has 0 unspecified atom stereocenters. The van der Waals surface area contributed by atoms with Crippen LogP contribution in [0.25, 0.3) is 0 Å². The molecule has 100 valence electrons. The zero-order valence-electron chi connectivity index (χ0n) is 10.1. The number of thioether (sulfide) groups is 1. The lowest BCUT2D eigenvalue weighted by Crippen LogP contribution is -2.25. The summed E-state index contributed by atoms with van der Waals surface area (Å²) in [5, 5.41) is 18.4. The molecule has 1 heterocycles. The third kappa shape index (κ3) is 5.17. The van der Waals surface area contributed by atoms with E-state index in [1.54, 1.807) is 0 Å². The lowest BCUT2D eigenvalue weighted by Gasteiger charge is -2.01. The third-order valence-corrected chi connectivity index (χ3v) is 3.01. The highest BCUT2D eigenvalue weighted by atomic mass is 32.2. The Morgan fingerprint density at radius 3 is 3.00 bits per heavy atom. The summed E-state index contributed by atoms with van der Waals surface area (Å²) >= 11 is 1.82. The highest BCUT2D eigenvalue weighted by molar-refractivity contribution is 7.99. The molecule has 0 atom stereocenters. The predicted octanol–water partition coefficient (Wildman–Crippen LogP) is 0.236. The molecule has 0 radical (unpaired) electrons. The fourth-order valence-electron chi connectivity index (χ4n) is 1.23. The number of carbonyl (C=O) groups excluding carboxylic acids is 1. The van der Waals surface area contributed by atoms with E-state index in [-0.39, 0.29) is 18.1 Å². The summed E-state index contributed by atoms with van der Waals surface area (Å²) in [5.41, 5.74) is 0.138. The molecule has 0 bridgehead atoms. The molecular weight excluding hydrogens is 256 g/mol. The Labute approximate surface area is 109 Å². The van der Waals surface area contributed by atoms with E-state index >= 15 is 0 Å². The van der Waals surface area contributed by atoms with Crippen LogP contribution in [-0.4, -0.2) is 50.0 Å². The standard InChI is InChI=1S/C10H16N4O3S/c1-2-18-5-3-4-11-10(17)8-6-14(13-12-8)7-9(15)16/h6H,2-5,7H2,1H3,(H,11,17)(H,15,16). The molecule has 0 saturated carbocycles. The number of carbonyl (C=O) groups is 2. The maximum absolute atomic E-state index is 11.6.